The lowest BCUT2D eigenvalue weighted by Crippen LogP contribution is -2.18. The maximum absolute atomic E-state index is 12.8. The van der Waals surface area contributed by atoms with Crippen molar-refractivity contribution >= 4 is 5.97 Å². The van der Waals surface area contributed by atoms with Gasteiger partial charge in [0, 0.05) is 12.4 Å². The van der Waals surface area contributed by atoms with E-state index in [1.54, 1.807) is 0 Å². The first kappa shape index (κ1) is 13.0. The number of carboxylic acids is 1. The van der Waals surface area contributed by atoms with E-state index in [-0.39, 0.29) is 6.54 Å². The van der Waals surface area contributed by atoms with Gasteiger partial charge >= 0.3 is 12.1 Å². The molecule has 9 heteroatoms. The molecule has 0 aliphatic carbocycles. The fourth-order valence-electron chi connectivity index (χ4n) is 1.51. The van der Waals surface area contributed by atoms with Crippen molar-refractivity contribution in [2.24, 2.45) is 0 Å². The Balaban J connectivity index is 2.44. The predicted octanol–water partition coefficient (Wildman–Crippen LogP) is 1.44. The average Bonchev–Trinajstić information content (AvgIpc) is 2.74. The maximum atomic E-state index is 12.8. The number of halogens is 3. The van der Waals surface area contributed by atoms with Crippen LogP contribution < -0.4 is 0 Å². The van der Waals surface area contributed by atoms with Crippen molar-refractivity contribution in [3.8, 4) is 0 Å². The monoisotopic (exact) mass is 272 g/mol. The molecule has 0 radical (unpaired) electrons. The molecule has 2 heterocycles. The molecule has 2 aromatic heterocycles. The van der Waals surface area contributed by atoms with Crippen LogP contribution >= 0.6 is 0 Å². The summed E-state index contributed by atoms with van der Waals surface area (Å²) < 4.78 is 39.0. The van der Waals surface area contributed by atoms with Crippen molar-refractivity contribution < 1.29 is 23.1 Å². The standard InChI is InChI=1S/C10H7F3N4O2/c11-10(12,13)8-7(9(18)19)15-16-17(8)5-6-1-3-14-4-2-6/h1-4H,5H2,(H,18,19). The van der Waals surface area contributed by atoms with Gasteiger partial charge in [0.2, 0.25) is 5.69 Å². The molecule has 6 nitrogen and oxygen atoms in total. The average molecular weight is 272 g/mol. The lowest BCUT2D eigenvalue weighted by molar-refractivity contribution is -0.144. The molecule has 1 N–H and O–H groups in total. The molecule has 0 fully saturated rings. The normalized spacial score (nSPS) is 11.5. The third-order valence-electron chi connectivity index (χ3n) is 2.29. The Morgan fingerprint density at radius 1 is 1.32 bits per heavy atom. The first-order valence-corrected chi connectivity index (χ1v) is 5.02. The second kappa shape index (κ2) is 4.67. The number of aromatic nitrogens is 4. The number of hydrogen-bond donors (Lipinski definition) is 1. The number of alkyl halides is 3. The van der Waals surface area contributed by atoms with E-state index in [1.165, 1.54) is 24.5 Å². The number of carbonyl (C=O) groups is 1. The van der Waals surface area contributed by atoms with Crippen LogP contribution in [0.2, 0.25) is 0 Å². The number of rotatable bonds is 3. The molecule has 0 aliphatic rings. The number of carboxylic acid groups (broad SMARTS) is 1. The summed E-state index contributed by atoms with van der Waals surface area (Å²) >= 11 is 0. The van der Waals surface area contributed by atoms with Crippen molar-refractivity contribution in [2.45, 2.75) is 12.7 Å². The van der Waals surface area contributed by atoms with Gasteiger partial charge in [0.1, 0.15) is 0 Å². The molecule has 2 aromatic rings. The van der Waals surface area contributed by atoms with Crippen LogP contribution in [0.15, 0.2) is 24.5 Å². The van der Waals surface area contributed by atoms with Crippen molar-refractivity contribution in [3.63, 3.8) is 0 Å². The second-order valence-electron chi connectivity index (χ2n) is 3.60. The molecular weight excluding hydrogens is 265 g/mol. The molecule has 0 spiro atoms. The Bertz CT molecular complexity index is 595. The zero-order valence-corrected chi connectivity index (χ0v) is 9.29. The van der Waals surface area contributed by atoms with E-state index in [2.05, 4.69) is 15.3 Å². The fraction of sp³-hybridized carbons (Fsp3) is 0.200. The van der Waals surface area contributed by atoms with Gasteiger partial charge in [-0.25, -0.2) is 9.48 Å². The Morgan fingerprint density at radius 2 is 1.95 bits per heavy atom. The summed E-state index contributed by atoms with van der Waals surface area (Å²) in [5.41, 5.74) is -1.99. The highest BCUT2D eigenvalue weighted by atomic mass is 19.4. The molecule has 0 saturated heterocycles. The molecule has 0 unspecified atom stereocenters. The smallest absolute Gasteiger partial charge is 0.435 e. The Kier molecular flexibility index (Phi) is 3.19. The largest absolute Gasteiger partial charge is 0.476 e. The van der Waals surface area contributed by atoms with Crippen molar-refractivity contribution in [1.82, 2.24) is 20.0 Å². The van der Waals surface area contributed by atoms with Gasteiger partial charge in [-0.2, -0.15) is 13.2 Å². The molecular formula is C10H7F3N4O2. The highest BCUT2D eigenvalue weighted by Crippen LogP contribution is 2.31. The molecule has 0 aromatic carbocycles. The highest BCUT2D eigenvalue weighted by Gasteiger charge is 2.41. The molecule has 2 rings (SSSR count). The maximum Gasteiger partial charge on any atom is 0.435 e. The highest BCUT2D eigenvalue weighted by molar-refractivity contribution is 5.86. The van der Waals surface area contributed by atoms with Gasteiger partial charge < -0.3 is 5.11 Å². The molecule has 100 valence electrons. The van der Waals surface area contributed by atoms with Crippen LogP contribution in [0, 0.1) is 0 Å². The van der Waals surface area contributed by atoms with E-state index in [1.807, 2.05) is 0 Å². The van der Waals surface area contributed by atoms with Crippen LogP contribution in [0.1, 0.15) is 21.7 Å². The molecule has 19 heavy (non-hydrogen) atoms. The molecule has 0 saturated carbocycles. The number of aromatic carboxylic acids is 1. The second-order valence-corrected chi connectivity index (χ2v) is 3.60. The summed E-state index contributed by atoms with van der Waals surface area (Å²) in [4.78, 5) is 14.4. The van der Waals surface area contributed by atoms with E-state index in [0.29, 0.717) is 10.2 Å². The molecule has 0 bridgehead atoms. The molecule has 0 atom stereocenters. The predicted molar refractivity (Wildman–Crippen MR) is 55.3 cm³/mol. The van der Waals surface area contributed by atoms with Crippen LogP contribution in [-0.4, -0.2) is 31.1 Å². The van der Waals surface area contributed by atoms with Crippen LogP contribution in [-0.2, 0) is 12.7 Å². The zero-order chi connectivity index (χ0) is 14.0. The minimum Gasteiger partial charge on any atom is -0.476 e. The SMILES string of the molecule is O=C(O)c1nnn(Cc2ccncc2)c1C(F)(F)F. The molecule has 0 amide bonds. The summed E-state index contributed by atoms with van der Waals surface area (Å²) in [5, 5.41) is 15.0. The quantitative estimate of drug-likeness (QED) is 0.914. The first-order chi connectivity index (χ1) is 8.89. The fourth-order valence-corrected chi connectivity index (χ4v) is 1.51. The molecule has 0 aliphatic heterocycles. The van der Waals surface area contributed by atoms with Crippen LogP contribution in [0.5, 0.6) is 0 Å². The minimum atomic E-state index is -4.84. The third kappa shape index (κ3) is 2.69. The van der Waals surface area contributed by atoms with Gasteiger partial charge in [-0.1, -0.05) is 5.21 Å². The van der Waals surface area contributed by atoms with Gasteiger partial charge in [0.05, 0.1) is 6.54 Å². The Labute approximate surface area is 104 Å². The summed E-state index contributed by atoms with van der Waals surface area (Å²) in [5.74, 6) is -1.77. The van der Waals surface area contributed by atoms with Crippen molar-refractivity contribution in [3.05, 3.63) is 41.5 Å². The zero-order valence-electron chi connectivity index (χ0n) is 9.29. The van der Waals surface area contributed by atoms with Gasteiger partial charge in [-0.15, -0.1) is 5.10 Å². The van der Waals surface area contributed by atoms with E-state index in [9.17, 15) is 18.0 Å². The lowest BCUT2D eigenvalue weighted by Gasteiger charge is -2.09. The van der Waals surface area contributed by atoms with E-state index < -0.39 is 23.5 Å². The topological polar surface area (TPSA) is 80.9 Å². The van der Waals surface area contributed by atoms with Crippen molar-refractivity contribution in [2.75, 3.05) is 0 Å². The van der Waals surface area contributed by atoms with E-state index in [4.69, 9.17) is 5.11 Å². The summed E-state index contributed by atoms with van der Waals surface area (Å²) in [6, 6.07) is 3.00. The van der Waals surface area contributed by atoms with Crippen LogP contribution in [0.3, 0.4) is 0 Å². The Hall–Kier alpha value is -2.45. The summed E-state index contributed by atoms with van der Waals surface area (Å²) in [6.07, 6.45) is -2.01. The lowest BCUT2D eigenvalue weighted by atomic mass is 10.2. The number of pyridine rings is 1. The van der Waals surface area contributed by atoms with Crippen LogP contribution in [0.4, 0.5) is 13.2 Å². The number of hydrogen-bond acceptors (Lipinski definition) is 4. The van der Waals surface area contributed by atoms with Gasteiger partial charge in [-0.3, -0.25) is 4.98 Å². The van der Waals surface area contributed by atoms with Gasteiger partial charge in [-0.05, 0) is 17.7 Å². The number of nitrogens with zero attached hydrogens (tertiary/aromatic N) is 4. The first-order valence-electron chi connectivity index (χ1n) is 5.02. The van der Waals surface area contributed by atoms with E-state index in [0.717, 1.165) is 0 Å². The van der Waals surface area contributed by atoms with Gasteiger partial charge in [0.15, 0.2) is 5.69 Å². The van der Waals surface area contributed by atoms with Crippen LogP contribution in [0.25, 0.3) is 0 Å². The van der Waals surface area contributed by atoms with E-state index >= 15 is 0 Å². The Morgan fingerprint density at radius 3 is 2.47 bits per heavy atom. The van der Waals surface area contributed by atoms with Gasteiger partial charge in [0.25, 0.3) is 0 Å². The minimum absolute atomic E-state index is 0.238. The van der Waals surface area contributed by atoms with Crippen molar-refractivity contribution in [1.29, 1.82) is 0 Å². The third-order valence-corrected chi connectivity index (χ3v) is 2.29. The summed E-state index contributed by atoms with van der Waals surface area (Å²) in [6.45, 7) is -0.238. The summed E-state index contributed by atoms with van der Waals surface area (Å²) in [7, 11) is 0.